The highest BCUT2D eigenvalue weighted by Crippen LogP contribution is 2.32. The second-order valence-corrected chi connectivity index (χ2v) is 5.60. The van der Waals surface area contributed by atoms with Gasteiger partial charge in [0.2, 0.25) is 0 Å². The minimum atomic E-state index is 0.552. The summed E-state index contributed by atoms with van der Waals surface area (Å²) in [4.78, 5) is 0. The summed E-state index contributed by atoms with van der Waals surface area (Å²) >= 11 is 0. The highest BCUT2D eigenvalue weighted by atomic mass is 15.1. The van der Waals surface area contributed by atoms with E-state index in [4.69, 9.17) is 5.73 Å². The molecule has 1 aromatic heterocycles. The first-order valence-electron chi connectivity index (χ1n) is 7.56. The number of hydrogen-bond donors (Lipinski definition) is 3. The summed E-state index contributed by atoms with van der Waals surface area (Å²) in [7, 11) is 0. The van der Waals surface area contributed by atoms with Gasteiger partial charge in [0, 0.05) is 6.54 Å². The molecule has 0 saturated carbocycles. The lowest BCUT2D eigenvalue weighted by Gasteiger charge is -2.14. The Hall–Kier alpha value is -2.59. The minimum Gasteiger partial charge on any atom is -0.382 e. The fourth-order valence-electron chi connectivity index (χ4n) is 3.09. The molecule has 4 rings (SSSR count). The summed E-state index contributed by atoms with van der Waals surface area (Å²) < 4.78 is 0. The molecule has 0 amide bonds. The van der Waals surface area contributed by atoms with Gasteiger partial charge in [-0.3, -0.25) is 5.10 Å². The standard InChI is InChI=1S/C18H18N4/c19-18-17-15(2-1-3-16(17)21-22-18)14-6-4-12(5-7-14)13-8-10-20-11-9-13/h1-8,20H,9-11H2,(H3,19,21,22). The largest absolute Gasteiger partial charge is 0.382 e. The maximum absolute atomic E-state index is 6.00. The van der Waals surface area contributed by atoms with Crippen molar-refractivity contribution in [2.24, 2.45) is 0 Å². The van der Waals surface area contributed by atoms with Crippen LogP contribution in [0.4, 0.5) is 5.82 Å². The third-order valence-corrected chi connectivity index (χ3v) is 4.25. The van der Waals surface area contributed by atoms with Gasteiger partial charge in [0.15, 0.2) is 5.82 Å². The van der Waals surface area contributed by atoms with Crippen LogP contribution >= 0.6 is 0 Å². The van der Waals surface area contributed by atoms with Crippen LogP contribution in [-0.2, 0) is 0 Å². The Labute approximate surface area is 129 Å². The molecule has 1 aliphatic rings. The lowest BCUT2D eigenvalue weighted by atomic mass is 9.96. The van der Waals surface area contributed by atoms with Crippen molar-refractivity contribution in [1.82, 2.24) is 15.5 Å². The third kappa shape index (κ3) is 2.18. The molecule has 0 atom stereocenters. The van der Waals surface area contributed by atoms with E-state index in [0.717, 1.165) is 41.5 Å². The van der Waals surface area contributed by atoms with Crippen LogP contribution in [0.5, 0.6) is 0 Å². The number of benzene rings is 2. The van der Waals surface area contributed by atoms with Crippen LogP contribution in [0.25, 0.3) is 27.6 Å². The van der Waals surface area contributed by atoms with Crippen molar-refractivity contribution in [1.29, 1.82) is 0 Å². The third-order valence-electron chi connectivity index (χ3n) is 4.25. The highest BCUT2D eigenvalue weighted by molar-refractivity contribution is 6.01. The van der Waals surface area contributed by atoms with E-state index in [1.54, 1.807) is 0 Å². The van der Waals surface area contributed by atoms with E-state index in [1.165, 1.54) is 11.1 Å². The zero-order chi connectivity index (χ0) is 14.9. The fourth-order valence-corrected chi connectivity index (χ4v) is 3.09. The van der Waals surface area contributed by atoms with E-state index < -0.39 is 0 Å². The molecule has 0 bridgehead atoms. The first-order valence-corrected chi connectivity index (χ1v) is 7.56. The molecule has 2 aromatic carbocycles. The molecule has 0 unspecified atom stereocenters. The van der Waals surface area contributed by atoms with Crippen LogP contribution in [0.15, 0.2) is 48.5 Å². The molecule has 4 nitrogen and oxygen atoms in total. The van der Waals surface area contributed by atoms with Crippen molar-refractivity contribution in [3.05, 3.63) is 54.1 Å². The molecular formula is C18H18N4. The minimum absolute atomic E-state index is 0.552. The van der Waals surface area contributed by atoms with Crippen LogP contribution in [0.1, 0.15) is 12.0 Å². The van der Waals surface area contributed by atoms with Crippen molar-refractivity contribution in [2.75, 3.05) is 18.8 Å². The molecule has 0 spiro atoms. The Kier molecular flexibility index (Phi) is 3.16. The molecule has 2 heterocycles. The molecule has 22 heavy (non-hydrogen) atoms. The van der Waals surface area contributed by atoms with Gasteiger partial charge in [0.1, 0.15) is 0 Å². The van der Waals surface area contributed by atoms with Gasteiger partial charge in [-0.25, -0.2) is 0 Å². The number of nitrogens with one attached hydrogen (secondary N) is 2. The van der Waals surface area contributed by atoms with E-state index in [1.807, 2.05) is 12.1 Å². The Balaban J connectivity index is 1.76. The quantitative estimate of drug-likeness (QED) is 0.679. The van der Waals surface area contributed by atoms with Crippen LogP contribution in [0, 0.1) is 0 Å². The Morgan fingerprint density at radius 2 is 1.82 bits per heavy atom. The summed E-state index contributed by atoms with van der Waals surface area (Å²) in [5.74, 6) is 0.552. The molecule has 0 saturated heterocycles. The number of rotatable bonds is 2. The van der Waals surface area contributed by atoms with Crippen molar-refractivity contribution in [3.8, 4) is 11.1 Å². The zero-order valence-corrected chi connectivity index (χ0v) is 12.3. The van der Waals surface area contributed by atoms with Crippen molar-refractivity contribution in [3.63, 3.8) is 0 Å². The van der Waals surface area contributed by atoms with Crippen molar-refractivity contribution in [2.45, 2.75) is 6.42 Å². The molecule has 110 valence electrons. The maximum atomic E-state index is 6.00. The average Bonchev–Trinajstić information content (AvgIpc) is 2.97. The number of aromatic nitrogens is 2. The van der Waals surface area contributed by atoms with E-state index in [2.05, 4.69) is 51.9 Å². The van der Waals surface area contributed by atoms with Gasteiger partial charge >= 0.3 is 0 Å². The van der Waals surface area contributed by atoms with Gasteiger partial charge in [0.25, 0.3) is 0 Å². The first kappa shape index (κ1) is 13.1. The summed E-state index contributed by atoms with van der Waals surface area (Å²) in [6.07, 6.45) is 3.36. The van der Waals surface area contributed by atoms with Gasteiger partial charge in [-0.1, -0.05) is 42.5 Å². The second kappa shape index (κ2) is 5.31. The predicted octanol–water partition coefficient (Wildman–Crippen LogP) is 3.19. The number of hydrogen-bond acceptors (Lipinski definition) is 3. The maximum Gasteiger partial charge on any atom is 0.153 e. The second-order valence-electron chi connectivity index (χ2n) is 5.60. The number of anilines is 1. The molecule has 1 aliphatic heterocycles. The van der Waals surface area contributed by atoms with Crippen LogP contribution < -0.4 is 11.1 Å². The zero-order valence-electron chi connectivity index (χ0n) is 12.3. The van der Waals surface area contributed by atoms with Crippen molar-refractivity contribution >= 4 is 22.3 Å². The normalized spacial score (nSPS) is 15.0. The van der Waals surface area contributed by atoms with E-state index in [9.17, 15) is 0 Å². The fraction of sp³-hybridized carbons (Fsp3) is 0.167. The van der Waals surface area contributed by atoms with Gasteiger partial charge in [-0.05, 0) is 41.3 Å². The summed E-state index contributed by atoms with van der Waals surface area (Å²) in [6.45, 7) is 2.01. The van der Waals surface area contributed by atoms with Gasteiger partial charge < -0.3 is 11.1 Å². The average molecular weight is 290 g/mol. The van der Waals surface area contributed by atoms with E-state index >= 15 is 0 Å². The van der Waals surface area contributed by atoms with E-state index in [-0.39, 0.29) is 0 Å². The first-order chi connectivity index (χ1) is 10.8. The lowest BCUT2D eigenvalue weighted by Crippen LogP contribution is -2.19. The summed E-state index contributed by atoms with van der Waals surface area (Å²) in [6, 6.07) is 14.8. The number of nitrogens with zero attached hydrogens (tertiary/aromatic N) is 1. The Bertz CT molecular complexity index is 843. The van der Waals surface area contributed by atoms with Crippen LogP contribution in [0.3, 0.4) is 0 Å². The number of nitrogens with two attached hydrogens (primary N) is 1. The number of fused-ring (bicyclic) bond motifs is 1. The Morgan fingerprint density at radius 1 is 1.00 bits per heavy atom. The topological polar surface area (TPSA) is 66.7 Å². The van der Waals surface area contributed by atoms with Crippen molar-refractivity contribution < 1.29 is 0 Å². The molecular weight excluding hydrogens is 272 g/mol. The smallest absolute Gasteiger partial charge is 0.153 e. The van der Waals surface area contributed by atoms with Gasteiger partial charge in [-0.2, -0.15) is 5.10 Å². The molecule has 0 fully saturated rings. The summed E-state index contributed by atoms with van der Waals surface area (Å²) in [5.41, 5.74) is 12.0. The highest BCUT2D eigenvalue weighted by Gasteiger charge is 2.10. The predicted molar refractivity (Wildman–Crippen MR) is 91.4 cm³/mol. The number of aromatic amines is 1. The van der Waals surface area contributed by atoms with Gasteiger partial charge in [0.05, 0.1) is 10.9 Å². The van der Waals surface area contributed by atoms with Crippen LogP contribution in [-0.4, -0.2) is 23.3 Å². The molecule has 0 aliphatic carbocycles. The molecule has 4 heteroatoms. The molecule has 3 aromatic rings. The Morgan fingerprint density at radius 3 is 2.59 bits per heavy atom. The number of nitrogen functional groups attached to an aromatic ring is 1. The van der Waals surface area contributed by atoms with Crippen LogP contribution in [0.2, 0.25) is 0 Å². The van der Waals surface area contributed by atoms with E-state index in [0.29, 0.717) is 5.82 Å². The monoisotopic (exact) mass is 290 g/mol. The number of H-pyrrole nitrogens is 1. The SMILES string of the molecule is Nc1n[nH]c2cccc(-c3ccc(C4=CCNCC4)cc3)c12. The lowest BCUT2D eigenvalue weighted by molar-refractivity contribution is 0.738. The molecule has 0 radical (unpaired) electrons. The molecule has 4 N–H and O–H groups in total. The summed E-state index contributed by atoms with van der Waals surface area (Å²) in [5, 5.41) is 11.4. The van der Waals surface area contributed by atoms with Gasteiger partial charge in [-0.15, -0.1) is 0 Å².